The molecule has 1 aromatic rings. The van der Waals surface area contributed by atoms with Crippen LogP contribution < -0.4 is 14.8 Å². The van der Waals surface area contributed by atoms with E-state index < -0.39 is 0 Å². The number of aldehydes is 1. The molecule has 0 radical (unpaired) electrons. The van der Waals surface area contributed by atoms with Crippen LogP contribution >= 0.6 is 0 Å². The van der Waals surface area contributed by atoms with Crippen LogP contribution in [0.4, 0.5) is 0 Å². The molecule has 2 saturated carbocycles. The normalized spacial score (nSPS) is 30.5. The smallest absolute Gasteiger partial charge is 0.465 e. The molecule has 1 N–H and O–H groups in total. The van der Waals surface area contributed by atoms with Crippen molar-refractivity contribution >= 4 is 23.9 Å². The maximum Gasteiger partial charge on any atom is 0.465 e. The zero-order valence-corrected chi connectivity index (χ0v) is 19.5. The van der Waals surface area contributed by atoms with Crippen LogP contribution in [0.5, 0.6) is 11.5 Å². The number of hydrogen-bond acceptors (Lipinski definition) is 6. The molecule has 2 aliphatic carbocycles. The quantitative estimate of drug-likeness (QED) is 0.483. The molecule has 3 atom stereocenters. The summed E-state index contributed by atoms with van der Waals surface area (Å²) in [7, 11) is 3.12. The second-order valence-electron chi connectivity index (χ2n) is 8.82. The summed E-state index contributed by atoms with van der Waals surface area (Å²) in [6.45, 7) is 3.92. The summed E-state index contributed by atoms with van der Waals surface area (Å²) in [6, 6.07) is 3.14. The molecule has 31 heavy (non-hydrogen) atoms. The van der Waals surface area contributed by atoms with Gasteiger partial charge in [0.2, 0.25) is 4.75 Å². The fourth-order valence-electron chi connectivity index (χ4n) is 4.56. The van der Waals surface area contributed by atoms with Gasteiger partial charge in [-0.2, -0.15) is 0 Å². The first-order valence-corrected chi connectivity index (χ1v) is 11.5. The maximum absolute atomic E-state index is 13.1. The Morgan fingerprint density at radius 2 is 1.87 bits per heavy atom. The minimum atomic E-state index is -0.369. The molecular weight excluding hydrogens is 418 g/mol. The van der Waals surface area contributed by atoms with Crippen LogP contribution in [0.1, 0.15) is 61.4 Å². The molecule has 8 heteroatoms. The number of amides is 1. The summed E-state index contributed by atoms with van der Waals surface area (Å²) >= 11 is 0.680. The maximum atomic E-state index is 13.1. The van der Waals surface area contributed by atoms with Gasteiger partial charge in [-0.3, -0.25) is 4.79 Å². The van der Waals surface area contributed by atoms with Crippen molar-refractivity contribution in [1.29, 1.82) is 0 Å². The van der Waals surface area contributed by atoms with Gasteiger partial charge in [-0.15, -0.1) is 0 Å². The Kier molecular flexibility index (Phi) is 7.64. The molecule has 0 saturated heterocycles. The predicted molar refractivity (Wildman–Crippen MR) is 118 cm³/mol. The average molecular weight is 451 g/mol. The monoisotopic (exact) mass is 450 g/mol. The van der Waals surface area contributed by atoms with Gasteiger partial charge in [0.1, 0.15) is 17.8 Å². The van der Waals surface area contributed by atoms with Gasteiger partial charge in [-0.25, -0.2) is 0 Å². The highest BCUT2D eigenvalue weighted by Gasteiger charge is 2.43. The lowest BCUT2D eigenvalue weighted by Gasteiger charge is -2.28. The number of carbonyl (C=O) groups excluding carboxylic acids is 2. The van der Waals surface area contributed by atoms with Crippen LogP contribution in [0.15, 0.2) is 12.1 Å². The van der Waals surface area contributed by atoms with Gasteiger partial charge in [0.25, 0.3) is 5.91 Å². The molecule has 1 aromatic carbocycles. The molecule has 3 rings (SSSR count). The number of methoxy groups -OCH3 is 2. The first kappa shape index (κ1) is 23.6. The zero-order chi connectivity index (χ0) is 22.6. The molecule has 2 fully saturated rings. The third-order valence-electron chi connectivity index (χ3n) is 6.65. The van der Waals surface area contributed by atoms with Crippen LogP contribution in [0, 0.1) is 12.8 Å². The van der Waals surface area contributed by atoms with Gasteiger partial charge >= 0.3 is 11.7 Å². The number of carbonyl (C=O) groups is 2. The van der Waals surface area contributed by atoms with E-state index in [0.717, 1.165) is 44.0 Å². The van der Waals surface area contributed by atoms with Crippen molar-refractivity contribution in [3.63, 3.8) is 0 Å². The molecule has 1 amide bonds. The number of benzene rings is 1. The van der Waals surface area contributed by atoms with E-state index in [1.165, 1.54) is 7.11 Å². The summed E-state index contributed by atoms with van der Waals surface area (Å²) < 4.78 is 28.3. The first-order valence-electron chi connectivity index (χ1n) is 10.8. The van der Waals surface area contributed by atoms with Crippen LogP contribution in [-0.4, -0.2) is 49.4 Å². The highest BCUT2D eigenvalue weighted by Crippen LogP contribution is 2.35. The highest BCUT2D eigenvalue weighted by molar-refractivity contribution is 7.67. The van der Waals surface area contributed by atoms with Crippen LogP contribution in [0.25, 0.3) is 0 Å². The molecule has 2 aliphatic rings. The summed E-state index contributed by atoms with van der Waals surface area (Å²) in [5.41, 5.74) is 1.24. The lowest BCUT2D eigenvalue weighted by molar-refractivity contribution is -0.111. The topological polar surface area (TPSA) is 90.9 Å². The van der Waals surface area contributed by atoms with Gasteiger partial charge in [-0.05, 0) is 50.3 Å². The van der Waals surface area contributed by atoms with Crippen LogP contribution in [-0.2, 0) is 25.4 Å². The second-order valence-corrected chi connectivity index (χ2v) is 9.97. The van der Waals surface area contributed by atoms with Crippen molar-refractivity contribution in [2.75, 3.05) is 14.2 Å². The van der Waals surface area contributed by atoms with E-state index in [-0.39, 0.29) is 34.8 Å². The lowest BCUT2D eigenvalue weighted by Crippen LogP contribution is -2.45. The van der Waals surface area contributed by atoms with E-state index in [2.05, 4.69) is 5.32 Å². The third-order valence-corrected chi connectivity index (χ3v) is 7.46. The lowest BCUT2D eigenvalue weighted by atomic mass is 9.88. The molecule has 7 nitrogen and oxygen atoms in total. The zero-order valence-electron chi connectivity index (χ0n) is 18.6. The number of aryl methyl sites for hydroxylation is 1. The number of ether oxygens (including phenoxy) is 3. The van der Waals surface area contributed by atoms with Crippen molar-refractivity contribution < 1.29 is 28.0 Å². The van der Waals surface area contributed by atoms with Gasteiger partial charge in [0, 0.05) is 37.0 Å². The Morgan fingerprint density at radius 3 is 2.45 bits per heavy atom. The highest BCUT2D eigenvalue weighted by atomic mass is 32.1. The Balaban J connectivity index is 1.78. The number of hydrogen-bond donors (Lipinski definition) is 1. The average Bonchev–Trinajstić information content (AvgIpc) is 3.17. The SMILES string of the molecule is COc1cc(C)c(O[C@H]2CC[C@@](C)([S+]=O)CC2)cc1C(=O)N[C@H]1[C@@H](C=O)CC[C@H]1OC. The van der Waals surface area contributed by atoms with E-state index in [4.69, 9.17) is 14.2 Å². The van der Waals surface area contributed by atoms with Gasteiger partial charge in [0.15, 0.2) is 0 Å². The fraction of sp³-hybridized carbons (Fsp3) is 0.652. The van der Waals surface area contributed by atoms with Crippen molar-refractivity contribution in [1.82, 2.24) is 5.32 Å². The Labute approximate surface area is 187 Å². The molecule has 0 spiro atoms. The number of rotatable bonds is 8. The minimum Gasteiger partial charge on any atom is -0.496 e. The molecular formula is C23H32NO6S+. The Hall–Kier alpha value is -2.06. The summed E-state index contributed by atoms with van der Waals surface area (Å²) in [6.07, 6.45) is 5.35. The summed E-state index contributed by atoms with van der Waals surface area (Å²) in [5, 5.41) is 2.97. The van der Waals surface area contributed by atoms with E-state index in [0.29, 0.717) is 35.1 Å². The number of nitrogens with one attached hydrogen (secondary N) is 1. The fourth-order valence-corrected chi connectivity index (χ4v) is 4.96. The third kappa shape index (κ3) is 5.23. The Morgan fingerprint density at radius 1 is 1.16 bits per heavy atom. The van der Waals surface area contributed by atoms with Gasteiger partial charge in [-0.1, -0.05) is 0 Å². The molecule has 0 aromatic heterocycles. The van der Waals surface area contributed by atoms with Crippen molar-refractivity contribution in [3.8, 4) is 11.5 Å². The van der Waals surface area contributed by atoms with E-state index in [1.54, 1.807) is 19.2 Å². The van der Waals surface area contributed by atoms with E-state index in [9.17, 15) is 13.8 Å². The predicted octanol–water partition coefficient (Wildman–Crippen LogP) is 3.23. The van der Waals surface area contributed by atoms with Crippen molar-refractivity contribution in [2.24, 2.45) is 5.92 Å². The minimum absolute atomic E-state index is 0.00961. The molecule has 0 aliphatic heterocycles. The van der Waals surface area contributed by atoms with Crippen molar-refractivity contribution in [2.45, 2.75) is 75.4 Å². The van der Waals surface area contributed by atoms with Gasteiger partial charge < -0.3 is 24.3 Å². The molecule has 0 unspecified atom stereocenters. The van der Waals surface area contributed by atoms with E-state index >= 15 is 0 Å². The van der Waals surface area contributed by atoms with Crippen molar-refractivity contribution in [3.05, 3.63) is 23.3 Å². The second kappa shape index (κ2) is 10.0. The molecule has 0 bridgehead atoms. The molecule has 0 heterocycles. The molecule has 170 valence electrons. The summed E-state index contributed by atoms with van der Waals surface area (Å²) in [4.78, 5) is 24.6. The largest absolute Gasteiger partial charge is 0.496 e. The standard InChI is InChI=1S/C23H31NO6S/c1-14-11-20(29-4)17(22(26)24-21-15(13-25)5-6-18(21)28-3)12-19(14)30-16-7-9-23(2,31-27)10-8-16/h11-13,15-16,18,21H,5-10H2,1-4H3/p+1/t15-,16-,18-,21+,23+/m1/s1. The van der Waals surface area contributed by atoms with Crippen LogP contribution in [0.2, 0.25) is 0 Å². The first-order chi connectivity index (χ1) is 14.8. The summed E-state index contributed by atoms with van der Waals surface area (Å²) in [5.74, 6) is 0.505. The van der Waals surface area contributed by atoms with Crippen LogP contribution in [0.3, 0.4) is 0 Å². The van der Waals surface area contributed by atoms with E-state index in [1.807, 2.05) is 13.8 Å². The van der Waals surface area contributed by atoms with Gasteiger partial charge in [0.05, 0.1) is 30.9 Å². The Bertz CT molecular complexity index is 821.